The van der Waals surface area contributed by atoms with E-state index in [0.717, 1.165) is 12.1 Å². The Morgan fingerprint density at radius 3 is 2.38 bits per heavy atom. The van der Waals surface area contributed by atoms with Gasteiger partial charge in [0.2, 0.25) is 5.82 Å². The molecule has 2 heterocycles. The summed E-state index contributed by atoms with van der Waals surface area (Å²) in [5, 5.41) is 18.3. The molecule has 206 valence electrons. The molecule has 11 nitrogen and oxygen atoms in total. The van der Waals surface area contributed by atoms with Crippen LogP contribution in [-0.4, -0.2) is 57.4 Å². The molecule has 12 heteroatoms. The number of nitrogens with zero attached hydrogens (tertiary/aromatic N) is 4. The van der Waals surface area contributed by atoms with Crippen LogP contribution in [0, 0.1) is 15.9 Å². The number of carbonyl (C=O) groups excluding carboxylic acids is 2. The molecule has 0 atom stereocenters. The standard InChI is InChI=1S/C27H30FN5O6/c1-27(2,3)39-26(35)31-13-11-17(12-14-31)24-21(16-29-32(24)19-6-8-20(38-4)9-7-19)25(34)30-18-5-10-22(28)23(15-18)33(36)37/h5-10,15-17H,11-14H2,1-4H3,(H,30,34). The lowest BCUT2D eigenvalue weighted by molar-refractivity contribution is -0.387. The first-order valence-corrected chi connectivity index (χ1v) is 12.4. The second-order valence-corrected chi connectivity index (χ2v) is 10.2. The number of nitro groups is 1. The number of likely N-dealkylation sites (tertiary alicyclic amines) is 1. The number of rotatable bonds is 6. The van der Waals surface area contributed by atoms with E-state index in [0.29, 0.717) is 43.1 Å². The van der Waals surface area contributed by atoms with Gasteiger partial charge in [0.25, 0.3) is 5.91 Å². The lowest BCUT2D eigenvalue weighted by Gasteiger charge is -2.34. The zero-order valence-electron chi connectivity index (χ0n) is 22.1. The lowest BCUT2D eigenvalue weighted by Crippen LogP contribution is -2.41. The predicted molar refractivity (Wildman–Crippen MR) is 141 cm³/mol. The third kappa shape index (κ3) is 6.33. The number of hydrogen-bond donors (Lipinski definition) is 1. The van der Waals surface area contributed by atoms with Gasteiger partial charge in [-0.2, -0.15) is 9.49 Å². The zero-order chi connectivity index (χ0) is 28.3. The Morgan fingerprint density at radius 1 is 1.13 bits per heavy atom. The molecule has 39 heavy (non-hydrogen) atoms. The summed E-state index contributed by atoms with van der Waals surface area (Å²) in [5.74, 6) is -1.01. The summed E-state index contributed by atoms with van der Waals surface area (Å²) < 4.78 is 26.2. The van der Waals surface area contributed by atoms with Crippen molar-refractivity contribution in [2.75, 3.05) is 25.5 Å². The number of amides is 2. The number of anilines is 1. The average molecular weight is 540 g/mol. The van der Waals surface area contributed by atoms with Gasteiger partial charge in [-0.15, -0.1) is 0 Å². The number of hydrogen-bond acceptors (Lipinski definition) is 7. The maximum absolute atomic E-state index is 13.8. The Balaban J connectivity index is 1.64. The van der Waals surface area contributed by atoms with Gasteiger partial charge in [-0.05, 0) is 70.0 Å². The van der Waals surface area contributed by atoms with E-state index in [-0.39, 0.29) is 23.3 Å². The van der Waals surface area contributed by atoms with E-state index < -0.39 is 27.9 Å². The minimum Gasteiger partial charge on any atom is -0.497 e. The summed E-state index contributed by atoms with van der Waals surface area (Å²) >= 11 is 0. The van der Waals surface area contributed by atoms with E-state index >= 15 is 0 Å². The van der Waals surface area contributed by atoms with Crippen molar-refractivity contribution in [3.63, 3.8) is 0 Å². The molecule has 1 N–H and O–H groups in total. The first-order chi connectivity index (χ1) is 18.5. The summed E-state index contributed by atoms with van der Waals surface area (Å²) in [6.07, 6.45) is 2.17. The van der Waals surface area contributed by atoms with Gasteiger partial charge in [-0.1, -0.05) is 0 Å². The topological polar surface area (TPSA) is 129 Å². The van der Waals surface area contributed by atoms with E-state index in [2.05, 4.69) is 10.4 Å². The Kier molecular flexibility index (Phi) is 7.84. The van der Waals surface area contributed by atoms with Gasteiger partial charge >= 0.3 is 11.8 Å². The highest BCUT2D eigenvalue weighted by molar-refractivity contribution is 6.05. The molecule has 1 saturated heterocycles. The first-order valence-electron chi connectivity index (χ1n) is 12.4. The average Bonchev–Trinajstić information content (AvgIpc) is 3.34. The van der Waals surface area contributed by atoms with Crippen molar-refractivity contribution >= 4 is 23.4 Å². The van der Waals surface area contributed by atoms with Crippen LogP contribution in [0.2, 0.25) is 0 Å². The maximum atomic E-state index is 13.8. The van der Waals surface area contributed by atoms with Gasteiger partial charge in [-0.25, -0.2) is 9.48 Å². The molecule has 0 aliphatic carbocycles. The van der Waals surface area contributed by atoms with Gasteiger partial charge in [0.05, 0.1) is 35.2 Å². The molecule has 1 fully saturated rings. The van der Waals surface area contributed by atoms with Crippen LogP contribution >= 0.6 is 0 Å². The monoisotopic (exact) mass is 539 g/mol. The van der Waals surface area contributed by atoms with E-state index in [1.807, 2.05) is 32.9 Å². The molecule has 1 aliphatic heterocycles. The van der Waals surface area contributed by atoms with Gasteiger partial charge < -0.3 is 19.7 Å². The second-order valence-electron chi connectivity index (χ2n) is 10.2. The molecule has 0 saturated carbocycles. The molecule has 0 bridgehead atoms. The number of nitrogens with one attached hydrogen (secondary N) is 1. The largest absolute Gasteiger partial charge is 0.497 e. The zero-order valence-corrected chi connectivity index (χ0v) is 22.1. The number of piperidine rings is 1. The minimum absolute atomic E-state index is 0.0796. The number of halogens is 1. The van der Waals surface area contributed by atoms with Gasteiger partial charge in [0, 0.05) is 30.8 Å². The van der Waals surface area contributed by atoms with Crippen molar-refractivity contribution in [3.05, 3.63) is 75.9 Å². The molecule has 3 aromatic rings. The van der Waals surface area contributed by atoms with Crippen molar-refractivity contribution in [2.45, 2.75) is 45.1 Å². The Labute approximate surface area is 224 Å². The number of aromatic nitrogens is 2. The van der Waals surface area contributed by atoms with Crippen LogP contribution in [0.15, 0.2) is 48.7 Å². The van der Waals surface area contributed by atoms with E-state index in [9.17, 15) is 24.1 Å². The molecule has 1 aliphatic rings. The predicted octanol–water partition coefficient (Wildman–Crippen LogP) is 5.30. The molecule has 4 rings (SSSR count). The first kappa shape index (κ1) is 27.6. The number of benzene rings is 2. The third-order valence-electron chi connectivity index (χ3n) is 6.30. The number of methoxy groups -OCH3 is 1. The Bertz CT molecular complexity index is 1370. The SMILES string of the molecule is COc1ccc(-n2ncc(C(=O)Nc3ccc(F)c([N+](=O)[O-])c3)c2C2CCN(C(=O)OC(C)(C)C)CC2)cc1. The molecule has 2 aromatic carbocycles. The van der Waals surface area contributed by atoms with E-state index in [1.165, 1.54) is 12.3 Å². The number of carbonyl (C=O) groups is 2. The Hall–Kier alpha value is -4.48. The van der Waals surface area contributed by atoms with Crippen LogP contribution in [0.1, 0.15) is 55.6 Å². The lowest BCUT2D eigenvalue weighted by atomic mass is 9.90. The summed E-state index contributed by atoms with van der Waals surface area (Å²) in [6, 6.07) is 10.4. The quantitative estimate of drug-likeness (QED) is 0.333. The van der Waals surface area contributed by atoms with Crippen LogP contribution in [0.5, 0.6) is 5.75 Å². The second kappa shape index (κ2) is 11.1. The van der Waals surface area contributed by atoms with Crippen LogP contribution in [0.4, 0.5) is 20.6 Å². The smallest absolute Gasteiger partial charge is 0.410 e. The molecule has 0 spiro atoms. The highest BCUT2D eigenvalue weighted by atomic mass is 19.1. The van der Waals surface area contributed by atoms with Crippen molar-refractivity contribution in [3.8, 4) is 11.4 Å². The van der Waals surface area contributed by atoms with Crippen molar-refractivity contribution in [1.29, 1.82) is 0 Å². The van der Waals surface area contributed by atoms with Crippen LogP contribution in [0.3, 0.4) is 0 Å². The summed E-state index contributed by atoms with van der Waals surface area (Å²) in [4.78, 5) is 37.9. The van der Waals surface area contributed by atoms with Crippen molar-refractivity contribution in [2.24, 2.45) is 0 Å². The molecule has 0 radical (unpaired) electrons. The fraction of sp³-hybridized carbons (Fsp3) is 0.370. The maximum Gasteiger partial charge on any atom is 0.410 e. The van der Waals surface area contributed by atoms with Gasteiger partial charge in [0.15, 0.2) is 0 Å². The van der Waals surface area contributed by atoms with Gasteiger partial charge in [0.1, 0.15) is 11.4 Å². The highest BCUT2D eigenvalue weighted by Crippen LogP contribution is 2.34. The molecular formula is C27H30FN5O6. The summed E-state index contributed by atoms with van der Waals surface area (Å²) in [6.45, 7) is 6.29. The Morgan fingerprint density at radius 2 is 1.79 bits per heavy atom. The summed E-state index contributed by atoms with van der Waals surface area (Å²) in [7, 11) is 1.56. The molecule has 1 aromatic heterocycles. The number of ether oxygens (including phenoxy) is 2. The van der Waals surface area contributed by atoms with E-state index in [1.54, 1.807) is 28.8 Å². The molecule has 2 amide bonds. The number of nitro benzene ring substituents is 1. The normalized spacial score (nSPS) is 14.1. The molecular weight excluding hydrogens is 509 g/mol. The highest BCUT2D eigenvalue weighted by Gasteiger charge is 2.32. The minimum atomic E-state index is -0.997. The van der Waals surface area contributed by atoms with Crippen molar-refractivity contribution < 1.29 is 28.4 Å². The van der Waals surface area contributed by atoms with Crippen LogP contribution < -0.4 is 10.1 Å². The molecule has 0 unspecified atom stereocenters. The van der Waals surface area contributed by atoms with E-state index in [4.69, 9.17) is 9.47 Å². The van der Waals surface area contributed by atoms with Gasteiger partial charge in [-0.3, -0.25) is 14.9 Å². The fourth-order valence-electron chi connectivity index (χ4n) is 4.45. The van der Waals surface area contributed by atoms with Crippen molar-refractivity contribution in [1.82, 2.24) is 14.7 Å². The summed E-state index contributed by atoms with van der Waals surface area (Å²) in [5.41, 5.74) is 0.345. The third-order valence-corrected chi connectivity index (χ3v) is 6.30. The van der Waals surface area contributed by atoms with Crippen LogP contribution in [0.25, 0.3) is 5.69 Å². The van der Waals surface area contributed by atoms with Crippen LogP contribution in [-0.2, 0) is 4.74 Å². The fourth-order valence-corrected chi connectivity index (χ4v) is 4.45.